The third kappa shape index (κ3) is 4.68. The summed E-state index contributed by atoms with van der Waals surface area (Å²) in [7, 11) is 0. The molecule has 0 saturated heterocycles. The molecular weight excluding hydrogens is 366 g/mol. The molecule has 2 aromatic carbocycles. The average Bonchev–Trinajstić information content (AvgIpc) is 3.11. The minimum absolute atomic E-state index is 0.0195. The van der Waals surface area contributed by atoms with Gasteiger partial charge in [0.05, 0.1) is 10.6 Å². The summed E-state index contributed by atoms with van der Waals surface area (Å²) in [5, 5.41) is 15.6. The van der Waals surface area contributed by atoms with Gasteiger partial charge in [-0.05, 0) is 43.2 Å². The van der Waals surface area contributed by atoms with Gasteiger partial charge in [-0.15, -0.1) is 11.3 Å². The minimum Gasteiger partial charge on any atom is -0.483 e. The smallest absolute Gasteiger partial charge is 0.269 e. The minimum atomic E-state index is -0.452. The Morgan fingerprint density at radius 3 is 2.67 bits per heavy atom. The van der Waals surface area contributed by atoms with Crippen LogP contribution in [0, 0.1) is 24.0 Å². The van der Waals surface area contributed by atoms with E-state index in [1.165, 1.54) is 23.5 Å². The Labute approximate surface area is 159 Å². The van der Waals surface area contributed by atoms with Gasteiger partial charge in [0.25, 0.3) is 11.6 Å². The normalized spacial score (nSPS) is 10.4. The predicted octanol–water partition coefficient (Wildman–Crippen LogP) is 4.35. The molecular formula is C19H17N3O4S. The average molecular weight is 383 g/mol. The van der Waals surface area contributed by atoms with E-state index in [1.807, 2.05) is 32.0 Å². The van der Waals surface area contributed by atoms with Crippen LogP contribution in [0.2, 0.25) is 0 Å². The van der Waals surface area contributed by atoms with Crippen LogP contribution in [0.1, 0.15) is 11.1 Å². The summed E-state index contributed by atoms with van der Waals surface area (Å²) >= 11 is 1.28. The number of anilines is 1. The van der Waals surface area contributed by atoms with Gasteiger partial charge in [-0.1, -0.05) is 12.1 Å². The van der Waals surface area contributed by atoms with Crippen molar-refractivity contribution in [1.29, 1.82) is 0 Å². The summed E-state index contributed by atoms with van der Waals surface area (Å²) in [6.45, 7) is 3.77. The van der Waals surface area contributed by atoms with Crippen LogP contribution in [0.25, 0.3) is 11.3 Å². The van der Waals surface area contributed by atoms with Gasteiger partial charge in [0.2, 0.25) is 0 Å². The number of thiazole rings is 1. The van der Waals surface area contributed by atoms with Crippen molar-refractivity contribution in [1.82, 2.24) is 4.98 Å². The molecule has 1 amide bonds. The van der Waals surface area contributed by atoms with Crippen molar-refractivity contribution >= 4 is 28.1 Å². The lowest BCUT2D eigenvalue weighted by Gasteiger charge is -2.09. The summed E-state index contributed by atoms with van der Waals surface area (Å²) in [5.74, 6) is 0.372. The maximum atomic E-state index is 12.1. The van der Waals surface area contributed by atoms with Crippen LogP contribution in [-0.2, 0) is 4.79 Å². The summed E-state index contributed by atoms with van der Waals surface area (Å²) in [5.41, 5.74) is 3.42. The molecule has 3 aromatic rings. The SMILES string of the molecule is Cc1ccc(C)c(OCC(=O)Nc2nc(-c3ccc([N+](=O)[O-])cc3)cs2)c1. The van der Waals surface area contributed by atoms with Crippen LogP contribution in [0.4, 0.5) is 10.8 Å². The fraction of sp³-hybridized carbons (Fsp3) is 0.158. The lowest BCUT2D eigenvalue weighted by atomic mass is 10.1. The second-order valence-corrected chi connectivity index (χ2v) is 6.81. The molecule has 0 aliphatic rings. The Balaban J connectivity index is 1.60. The molecule has 0 spiro atoms. The molecule has 0 saturated carbocycles. The van der Waals surface area contributed by atoms with E-state index < -0.39 is 4.92 Å². The monoisotopic (exact) mass is 383 g/mol. The third-order valence-corrected chi connectivity index (χ3v) is 4.58. The molecule has 8 heteroatoms. The van der Waals surface area contributed by atoms with E-state index in [0.717, 1.165) is 16.7 Å². The fourth-order valence-corrected chi connectivity index (χ4v) is 3.11. The summed E-state index contributed by atoms with van der Waals surface area (Å²) in [6, 6.07) is 11.9. The number of aryl methyl sites for hydroxylation is 2. The first-order valence-corrected chi connectivity index (χ1v) is 9.00. The van der Waals surface area contributed by atoms with Gasteiger partial charge in [0.1, 0.15) is 5.75 Å². The number of hydrogen-bond donors (Lipinski definition) is 1. The highest BCUT2D eigenvalue weighted by atomic mass is 32.1. The van der Waals surface area contributed by atoms with Crippen LogP contribution in [0.3, 0.4) is 0 Å². The van der Waals surface area contributed by atoms with Crippen molar-refractivity contribution in [3.63, 3.8) is 0 Å². The Morgan fingerprint density at radius 2 is 1.96 bits per heavy atom. The van der Waals surface area contributed by atoms with E-state index in [9.17, 15) is 14.9 Å². The molecule has 0 radical (unpaired) electrons. The van der Waals surface area contributed by atoms with Gasteiger partial charge >= 0.3 is 0 Å². The van der Waals surface area contributed by atoms with Crippen molar-refractivity contribution < 1.29 is 14.5 Å². The Bertz CT molecular complexity index is 983. The van der Waals surface area contributed by atoms with Crippen molar-refractivity contribution in [3.05, 3.63) is 69.1 Å². The summed E-state index contributed by atoms with van der Waals surface area (Å²) in [4.78, 5) is 26.7. The molecule has 0 bridgehead atoms. The molecule has 0 unspecified atom stereocenters. The molecule has 1 N–H and O–H groups in total. The predicted molar refractivity (Wildman–Crippen MR) is 104 cm³/mol. The molecule has 3 rings (SSSR count). The molecule has 0 atom stereocenters. The number of benzene rings is 2. The number of nitrogens with one attached hydrogen (secondary N) is 1. The van der Waals surface area contributed by atoms with Crippen LogP contribution in [-0.4, -0.2) is 22.4 Å². The van der Waals surface area contributed by atoms with Crippen LogP contribution >= 0.6 is 11.3 Å². The van der Waals surface area contributed by atoms with Crippen molar-refractivity contribution in [2.24, 2.45) is 0 Å². The molecule has 0 fully saturated rings. The molecule has 1 heterocycles. The number of hydrogen-bond acceptors (Lipinski definition) is 6. The topological polar surface area (TPSA) is 94.4 Å². The largest absolute Gasteiger partial charge is 0.483 e. The number of nitro groups is 1. The number of nitrogens with zero attached hydrogens (tertiary/aromatic N) is 2. The van der Waals surface area contributed by atoms with Crippen molar-refractivity contribution in [2.75, 3.05) is 11.9 Å². The van der Waals surface area contributed by atoms with Crippen molar-refractivity contribution in [3.8, 4) is 17.0 Å². The highest BCUT2D eigenvalue weighted by Crippen LogP contribution is 2.26. The first kappa shape index (κ1) is 18.5. The van der Waals surface area contributed by atoms with Gasteiger partial charge in [0, 0.05) is 23.1 Å². The highest BCUT2D eigenvalue weighted by molar-refractivity contribution is 7.14. The van der Waals surface area contributed by atoms with Gasteiger partial charge < -0.3 is 4.74 Å². The number of aromatic nitrogens is 1. The van der Waals surface area contributed by atoms with Gasteiger partial charge in [-0.25, -0.2) is 4.98 Å². The summed E-state index contributed by atoms with van der Waals surface area (Å²) in [6.07, 6.45) is 0. The number of carbonyl (C=O) groups is 1. The Hall–Kier alpha value is -3.26. The zero-order valence-electron chi connectivity index (χ0n) is 14.8. The van der Waals surface area contributed by atoms with E-state index in [4.69, 9.17) is 4.74 Å². The third-order valence-electron chi connectivity index (χ3n) is 3.83. The van der Waals surface area contributed by atoms with E-state index in [0.29, 0.717) is 16.6 Å². The number of non-ortho nitro benzene ring substituents is 1. The summed E-state index contributed by atoms with van der Waals surface area (Å²) < 4.78 is 5.58. The number of carbonyl (C=O) groups excluding carboxylic acids is 1. The number of rotatable bonds is 6. The van der Waals surface area contributed by atoms with Crippen LogP contribution in [0.15, 0.2) is 47.8 Å². The van der Waals surface area contributed by atoms with Crippen molar-refractivity contribution in [2.45, 2.75) is 13.8 Å². The molecule has 7 nitrogen and oxygen atoms in total. The van der Waals surface area contributed by atoms with Gasteiger partial charge in [-0.3, -0.25) is 20.2 Å². The number of nitro benzene ring substituents is 1. The number of ether oxygens (including phenoxy) is 1. The Kier molecular flexibility index (Phi) is 5.46. The second kappa shape index (κ2) is 7.96. The maximum Gasteiger partial charge on any atom is 0.269 e. The molecule has 138 valence electrons. The second-order valence-electron chi connectivity index (χ2n) is 5.95. The van der Waals surface area contributed by atoms with Crippen LogP contribution in [0.5, 0.6) is 5.75 Å². The first-order valence-electron chi connectivity index (χ1n) is 8.12. The van der Waals surface area contributed by atoms with Gasteiger partial charge in [0.15, 0.2) is 11.7 Å². The molecule has 27 heavy (non-hydrogen) atoms. The van der Waals surface area contributed by atoms with Gasteiger partial charge in [-0.2, -0.15) is 0 Å². The number of amides is 1. The standard InChI is InChI=1S/C19H17N3O4S/c1-12-3-4-13(2)17(9-12)26-10-18(23)21-19-20-16(11-27-19)14-5-7-15(8-6-14)22(24)25/h3-9,11H,10H2,1-2H3,(H,20,21,23). The quantitative estimate of drug-likeness (QED) is 0.504. The fourth-order valence-electron chi connectivity index (χ4n) is 2.38. The van der Waals surface area contributed by atoms with E-state index in [-0.39, 0.29) is 18.2 Å². The van der Waals surface area contributed by atoms with E-state index in [1.54, 1.807) is 17.5 Å². The van der Waals surface area contributed by atoms with Crippen LogP contribution < -0.4 is 10.1 Å². The van der Waals surface area contributed by atoms with E-state index in [2.05, 4.69) is 10.3 Å². The zero-order valence-corrected chi connectivity index (χ0v) is 15.6. The Morgan fingerprint density at radius 1 is 1.22 bits per heavy atom. The molecule has 0 aliphatic heterocycles. The van der Waals surface area contributed by atoms with E-state index >= 15 is 0 Å². The molecule has 1 aromatic heterocycles. The zero-order chi connectivity index (χ0) is 19.4. The molecule has 0 aliphatic carbocycles. The maximum absolute atomic E-state index is 12.1. The first-order chi connectivity index (χ1) is 12.9. The lowest BCUT2D eigenvalue weighted by molar-refractivity contribution is -0.384. The highest BCUT2D eigenvalue weighted by Gasteiger charge is 2.11. The lowest BCUT2D eigenvalue weighted by Crippen LogP contribution is -2.20.